The molecule has 0 aliphatic heterocycles. The van der Waals surface area contributed by atoms with Crippen LogP contribution >= 0.6 is 0 Å². The second-order valence-electron chi connectivity index (χ2n) is 9.01. The highest BCUT2D eigenvalue weighted by molar-refractivity contribution is 7.91. The first-order valence-electron chi connectivity index (χ1n) is 11.1. The van der Waals surface area contributed by atoms with Gasteiger partial charge in [0.25, 0.3) is 0 Å². The normalized spacial score (nSPS) is 13.1. The number of pyridine rings is 1. The van der Waals surface area contributed by atoms with E-state index in [-0.39, 0.29) is 16.6 Å². The first kappa shape index (κ1) is 25.9. The second kappa shape index (κ2) is 11.0. The number of fused-ring (bicyclic) bond motifs is 1. The van der Waals surface area contributed by atoms with Crippen molar-refractivity contribution in [3.63, 3.8) is 0 Å². The van der Waals surface area contributed by atoms with Crippen LogP contribution in [-0.2, 0) is 14.6 Å². The lowest BCUT2D eigenvalue weighted by Gasteiger charge is -2.30. The van der Waals surface area contributed by atoms with Gasteiger partial charge in [-0.1, -0.05) is 32.8 Å². The Hall–Kier alpha value is -2.35. The summed E-state index contributed by atoms with van der Waals surface area (Å²) in [5, 5.41) is 1.24. The molecule has 0 spiro atoms. The minimum absolute atomic E-state index is 0.0569. The second-order valence-corrected chi connectivity index (χ2v) is 11.0. The molecule has 0 aliphatic rings. The van der Waals surface area contributed by atoms with Crippen molar-refractivity contribution in [3.8, 4) is 5.88 Å². The SMILES string of the molecule is CCCCN(CC(CC)CS(=O)(=O)c1cccc2c(OC)nccc12)C(=O)OC(C)(C)C. The minimum Gasteiger partial charge on any atom is -0.481 e. The van der Waals surface area contributed by atoms with E-state index in [0.29, 0.717) is 36.2 Å². The summed E-state index contributed by atoms with van der Waals surface area (Å²) in [6, 6.07) is 6.81. The molecule has 32 heavy (non-hydrogen) atoms. The molecule has 1 aromatic carbocycles. The number of hydrogen-bond acceptors (Lipinski definition) is 6. The Morgan fingerprint density at radius 3 is 2.47 bits per heavy atom. The van der Waals surface area contributed by atoms with Crippen molar-refractivity contribution in [2.24, 2.45) is 5.92 Å². The van der Waals surface area contributed by atoms with Crippen molar-refractivity contribution in [3.05, 3.63) is 30.5 Å². The smallest absolute Gasteiger partial charge is 0.410 e. The summed E-state index contributed by atoms with van der Waals surface area (Å²) in [5.74, 6) is 0.115. The van der Waals surface area contributed by atoms with Gasteiger partial charge in [0.2, 0.25) is 5.88 Å². The summed E-state index contributed by atoms with van der Waals surface area (Å²) in [5.41, 5.74) is -0.606. The lowest BCUT2D eigenvalue weighted by molar-refractivity contribution is 0.0221. The van der Waals surface area contributed by atoms with E-state index in [0.717, 1.165) is 12.8 Å². The van der Waals surface area contributed by atoms with E-state index >= 15 is 0 Å². The molecule has 2 rings (SSSR count). The molecule has 0 aliphatic carbocycles. The fraction of sp³-hybridized carbons (Fsp3) is 0.583. The van der Waals surface area contributed by atoms with Crippen LogP contribution in [0.5, 0.6) is 5.88 Å². The summed E-state index contributed by atoms with van der Waals surface area (Å²) >= 11 is 0. The van der Waals surface area contributed by atoms with Crippen LogP contribution in [0.1, 0.15) is 53.9 Å². The highest BCUT2D eigenvalue weighted by Crippen LogP contribution is 2.30. The van der Waals surface area contributed by atoms with E-state index in [1.165, 1.54) is 7.11 Å². The third-order valence-corrected chi connectivity index (χ3v) is 7.14. The minimum atomic E-state index is -3.61. The predicted octanol–water partition coefficient (Wildman–Crippen LogP) is 5.08. The van der Waals surface area contributed by atoms with E-state index in [2.05, 4.69) is 11.9 Å². The number of ether oxygens (including phenoxy) is 2. The molecule has 1 heterocycles. The zero-order valence-corrected chi connectivity index (χ0v) is 20.9. The quantitative estimate of drug-likeness (QED) is 0.487. The number of unbranched alkanes of at least 4 members (excludes halogenated alkanes) is 1. The molecule has 1 atom stereocenters. The van der Waals surface area contributed by atoms with Crippen molar-refractivity contribution in [2.75, 3.05) is 26.0 Å². The predicted molar refractivity (Wildman–Crippen MR) is 127 cm³/mol. The Morgan fingerprint density at radius 1 is 1.16 bits per heavy atom. The third-order valence-electron chi connectivity index (χ3n) is 5.20. The number of benzene rings is 1. The average molecular weight is 465 g/mol. The Labute approximate surface area is 192 Å². The van der Waals surface area contributed by atoms with Crippen molar-refractivity contribution >= 4 is 26.7 Å². The third kappa shape index (κ3) is 6.82. The number of aromatic nitrogens is 1. The number of nitrogens with zero attached hydrogens (tertiary/aromatic N) is 2. The van der Waals surface area contributed by atoms with Gasteiger partial charge < -0.3 is 14.4 Å². The van der Waals surface area contributed by atoms with Gasteiger partial charge in [-0.25, -0.2) is 18.2 Å². The molecule has 0 saturated carbocycles. The molecule has 7 nitrogen and oxygen atoms in total. The summed E-state index contributed by atoms with van der Waals surface area (Å²) in [6.07, 6.45) is 3.54. The van der Waals surface area contributed by atoms with Gasteiger partial charge in [0, 0.05) is 30.1 Å². The van der Waals surface area contributed by atoms with Gasteiger partial charge >= 0.3 is 6.09 Å². The molecule has 0 fully saturated rings. The van der Waals surface area contributed by atoms with Crippen LogP contribution in [0, 0.1) is 5.92 Å². The molecule has 0 saturated heterocycles. The van der Waals surface area contributed by atoms with E-state index < -0.39 is 21.5 Å². The Morgan fingerprint density at radius 2 is 1.88 bits per heavy atom. The molecule has 1 amide bonds. The topological polar surface area (TPSA) is 85.8 Å². The van der Waals surface area contributed by atoms with Crippen molar-refractivity contribution in [2.45, 2.75) is 64.4 Å². The molecular formula is C24H36N2O5S. The van der Waals surface area contributed by atoms with Gasteiger partial charge in [0.15, 0.2) is 9.84 Å². The number of carbonyl (C=O) groups excluding carboxylic acids is 1. The van der Waals surface area contributed by atoms with E-state index in [1.54, 1.807) is 35.4 Å². The Balaban J connectivity index is 2.29. The molecule has 1 aromatic heterocycles. The standard InChI is InChI=1S/C24H36N2O5S/c1-7-9-15-26(23(27)31-24(3,4)5)16-18(8-2)17-32(28,29)21-12-10-11-20-19(21)13-14-25-22(20)30-6/h10-14,18H,7-9,15-17H2,1-6H3. The highest BCUT2D eigenvalue weighted by Gasteiger charge is 2.28. The number of rotatable bonds is 10. The summed E-state index contributed by atoms with van der Waals surface area (Å²) in [6.45, 7) is 10.4. The highest BCUT2D eigenvalue weighted by atomic mass is 32.2. The molecule has 1 unspecified atom stereocenters. The van der Waals surface area contributed by atoms with Gasteiger partial charge in [0.05, 0.1) is 17.8 Å². The molecule has 8 heteroatoms. The largest absolute Gasteiger partial charge is 0.481 e. The first-order valence-corrected chi connectivity index (χ1v) is 12.8. The van der Waals surface area contributed by atoms with Crippen LogP contribution in [0.15, 0.2) is 35.4 Å². The maximum Gasteiger partial charge on any atom is 0.410 e. The summed E-state index contributed by atoms with van der Waals surface area (Å²) in [4.78, 5) is 18.8. The van der Waals surface area contributed by atoms with Crippen molar-refractivity contribution in [1.29, 1.82) is 0 Å². The van der Waals surface area contributed by atoms with Gasteiger partial charge in [-0.15, -0.1) is 0 Å². The summed E-state index contributed by atoms with van der Waals surface area (Å²) < 4.78 is 37.7. The van der Waals surface area contributed by atoms with Crippen molar-refractivity contribution in [1.82, 2.24) is 9.88 Å². The molecule has 0 bridgehead atoms. The maximum atomic E-state index is 13.4. The fourth-order valence-corrected chi connectivity index (χ4v) is 5.47. The molecule has 0 radical (unpaired) electrons. The van der Waals surface area contributed by atoms with Gasteiger partial charge in [-0.05, 0) is 51.3 Å². The van der Waals surface area contributed by atoms with E-state index in [9.17, 15) is 13.2 Å². The zero-order valence-electron chi connectivity index (χ0n) is 20.1. The Kier molecular flexibility index (Phi) is 8.89. The molecular weight excluding hydrogens is 428 g/mol. The molecule has 2 aromatic rings. The number of carbonyl (C=O) groups is 1. The van der Waals surface area contributed by atoms with Crippen LogP contribution in [0.25, 0.3) is 10.8 Å². The van der Waals surface area contributed by atoms with Crippen LogP contribution in [0.3, 0.4) is 0 Å². The number of sulfone groups is 1. The van der Waals surface area contributed by atoms with E-state index in [1.807, 2.05) is 27.7 Å². The first-order chi connectivity index (χ1) is 15.0. The zero-order chi connectivity index (χ0) is 23.9. The molecule has 178 valence electrons. The van der Waals surface area contributed by atoms with Crippen molar-refractivity contribution < 1.29 is 22.7 Å². The average Bonchev–Trinajstić information content (AvgIpc) is 2.73. The number of amides is 1. The lowest BCUT2D eigenvalue weighted by atomic mass is 10.1. The number of methoxy groups -OCH3 is 1. The van der Waals surface area contributed by atoms with Crippen LogP contribution < -0.4 is 4.74 Å². The lowest BCUT2D eigenvalue weighted by Crippen LogP contribution is -2.41. The Bertz CT molecular complexity index is 1010. The van der Waals surface area contributed by atoms with Crippen LogP contribution in [-0.4, -0.2) is 55.9 Å². The monoisotopic (exact) mass is 464 g/mol. The fourth-order valence-electron chi connectivity index (χ4n) is 3.53. The van der Waals surface area contributed by atoms with Gasteiger partial charge in [-0.2, -0.15) is 0 Å². The maximum absolute atomic E-state index is 13.4. The number of hydrogen-bond donors (Lipinski definition) is 0. The summed E-state index contributed by atoms with van der Waals surface area (Å²) in [7, 11) is -2.10. The van der Waals surface area contributed by atoms with Crippen LogP contribution in [0.4, 0.5) is 4.79 Å². The van der Waals surface area contributed by atoms with Crippen LogP contribution in [0.2, 0.25) is 0 Å². The molecule has 0 N–H and O–H groups in total. The van der Waals surface area contributed by atoms with Gasteiger partial charge in [-0.3, -0.25) is 0 Å². The van der Waals surface area contributed by atoms with Gasteiger partial charge in [0.1, 0.15) is 5.60 Å². The van der Waals surface area contributed by atoms with E-state index in [4.69, 9.17) is 9.47 Å².